The molecule has 1 N–H and O–H groups in total. The molecule has 0 aliphatic carbocycles. The predicted octanol–water partition coefficient (Wildman–Crippen LogP) is 0.898. The Kier molecular flexibility index (Phi) is 3.28. The fourth-order valence-corrected chi connectivity index (χ4v) is 2.11. The van der Waals surface area contributed by atoms with Crippen molar-refractivity contribution in [2.75, 3.05) is 7.05 Å². The minimum atomic E-state index is -0.450. The van der Waals surface area contributed by atoms with E-state index in [1.54, 1.807) is 13.1 Å². The van der Waals surface area contributed by atoms with Gasteiger partial charge in [0.2, 0.25) is 0 Å². The first-order valence-electron chi connectivity index (χ1n) is 5.81. The Bertz CT molecular complexity index is 628. The molecule has 100 valence electrons. The van der Waals surface area contributed by atoms with Crippen molar-refractivity contribution in [1.82, 2.24) is 14.8 Å². The first-order chi connectivity index (χ1) is 8.82. The van der Waals surface area contributed by atoms with Crippen molar-refractivity contribution in [2.45, 2.75) is 13.8 Å². The van der Waals surface area contributed by atoms with Gasteiger partial charge in [-0.2, -0.15) is 0 Å². The minimum absolute atomic E-state index is 0.102. The summed E-state index contributed by atoms with van der Waals surface area (Å²) in [6, 6.07) is 1.94. The number of aryl methyl sites for hydroxylation is 1. The van der Waals surface area contributed by atoms with Crippen LogP contribution >= 0.6 is 12.2 Å². The summed E-state index contributed by atoms with van der Waals surface area (Å²) in [5.41, 5.74) is 3.03. The number of hydrogen-bond acceptors (Lipinski definition) is 3. The van der Waals surface area contributed by atoms with Crippen LogP contribution in [0.3, 0.4) is 0 Å². The molecule has 6 heteroatoms. The molecule has 0 unspecified atom stereocenters. The average molecular weight is 277 g/mol. The van der Waals surface area contributed by atoms with E-state index in [1.165, 1.54) is 4.90 Å². The smallest absolute Gasteiger partial charge is 0.265 e. The van der Waals surface area contributed by atoms with Crippen LogP contribution in [0.5, 0.6) is 0 Å². The van der Waals surface area contributed by atoms with Gasteiger partial charge >= 0.3 is 0 Å². The van der Waals surface area contributed by atoms with Crippen LogP contribution in [0.1, 0.15) is 17.0 Å². The maximum absolute atomic E-state index is 12.1. The van der Waals surface area contributed by atoms with Gasteiger partial charge in [-0.3, -0.25) is 19.8 Å². The topological polar surface area (TPSA) is 54.3 Å². The zero-order valence-corrected chi connectivity index (χ0v) is 12.1. The lowest BCUT2D eigenvalue weighted by atomic mass is 10.1. The van der Waals surface area contributed by atoms with E-state index in [4.69, 9.17) is 12.2 Å². The molecule has 1 aliphatic rings. The number of amides is 2. The third-order valence-electron chi connectivity index (χ3n) is 3.42. The van der Waals surface area contributed by atoms with E-state index in [9.17, 15) is 9.59 Å². The second kappa shape index (κ2) is 4.62. The number of carbonyl (C=O) groups excluding carboxylic acids is 2. The van der Waals surface area contributed by atoms with Crippen LogP contribution in [-0.2, 0) is 16.6 Å². The number of thiocarbonyl (C=S) groups is 1. The van der Waals surface area contributed by atoms with Gasteiger partial charge in [-0.25, -0.2) is 0 Å². The van der Waals surface area contributed by atoms with Crippen molar-refractivity contribution < 1.29 is 9.59 Å². The molecule has 0 aromatic carbocycles. The van der Waals surface area contributed by atoms with E-state index < -0.39 is 5.91 Å². The van der Waals surface area contributed by atoms with E-state index >= 15 is 0 Å². The molecule has 2 heterocycles. The summed E-state index contributed by atoms with van der Waals surface area (Å²) >= 11 is 4.89. The van der Waals surface area contributed by atoms with Crippen LogP contribution < -0.4 is 5.32 Å². The molecule has 1 aromatic rings. The molecular formula is C13H15N3O2S. The number of hydrogen-bond donors (Lipinski definition) is 1. The average Bonchev–Trinajstić information content (AvgIpc) is 2.59. The van der Waals surface area contributed by atoms with Gasteiger partial charge in [0.15, 0.2) is 5.11 Å². The van der Waals surface area contributed by atoms with E-state index in [0.717, 1.165) is 17.0 Å². The number of rotatable bonds is 1. The fourth-order valence-electron chi connectivity index (χ4n) is 1.93. The normalized spacial score (nSPS) is 18.2. The summed E-state index contributed by atoms with van der Waals surface area (Å²) in [6.07, 6.45) is 1.61. The van der Waals surface area contributed by atoms with Gasteiger partial charge in [-0.15, -0.1) is 0 Å². The molecule has 0 atom stereocenters. The van der Waals surface area contributed by atoms with Crippen LogP contribution in [0.2, 0.25) is 0 Å². The highest BCUT2D eigenvalue weighted by Gasteiger charge is 2.30. The summed E-state index contributed by atoms with van der Waals surface area (Å²) in [7, 11) is 3.48. The molecule has 2 amide bonds. The van der Waals surface area contributed by atoms with Gasteiger partial charge in [-0.1, -0.05) is 0 Å². The van der Waals surface area contributed by atoms with Gasteiger partial charge < -0.3 is 4.57 Å². The Morgan fingerprint density at radius 3 is 2.42 bits per heavy atom. The van der Waals surface area contributed by atoms with Crippen LogP contribution in [0.25, 0.3) is 6.08 Å². The van der Waals surface area contributed by atoms with E-state index in [0.29, 0.717) is 0 Å². The second-order valence-electron chi connectivity index (χ2n) is 4.57. The first-order valence-corrected chi connectivity index (χ1v) is 6.21. The lowest BCUT2D eigenvalue weighted by Crippen LogP contribution is -2.52. The summed E-state index contributed by atoms with van der Waals surface area (Å²) in [6.45, 7) is 3.91. The summed E-state index contributed by atoms with van der Waals surface area (Å²) in [5, 5.41) is 2.63. The highest BCUT2D eigenvalue weighted by molar-refractivity contribution is 7.80. The van der Waals surface area contributed by atoms with Crippen molar-refractivity contribution in [3.05, 3.63) is 28.6 Å². The summed E-state index contributed by atoms with van der Waals surface area (Å²) < 4.78 is 2.01. The quantitative estimate of drug-likeness (QED) is 0.471. The SMILES string of the molecule is Cc1cc(/C=C2/C(=O)NC(=S)N(C)C2=O)c(C)n1C. The molecule has 1 aliphatic heterocycles. The number of aromatic nitrogens is 1. The molecule has 5 nitrogen and oxygen atoms in total. The Morgan fingerprint density at radius 1 is 1.26 bits per heavy atom. The highest BCUT2D eigenvalue weighted by atomic mass is 32.1. The summed E-state index contributed by atoms with van der Waals surface area (Å²) in [5.74, 6) is -0.830. The van der Waals surface area contributed by atoms with E-state index in [1.807, 2.05) is 31.5 Å². The minimum Gasteiger partial charge on any atom is -0.352 e. The van der Waals surface area contributed by atoms with Crippen LogP contribution in [-0.4, -0.2) is 33.4 Å². The Balaban J connectivity index is 2.47. The van der Waals surface area contributed by atoms with Crippen molar-refractivity contribution >= 4 is 35.2 Å². The third kappa shape index (κ3) is 2.19. The largest absolute Gasteiger partial charge is 0.352 e. The van der Waals surface area contributed by atoms with E-state index in [2.05, 4.69) is 5.32 Å². The van der Waals surface area contributed by atoms with Crippen molar-refractivity contribution in [2.24, 2.45) is 7.05 Å². The standard InChI is InChI=1S/C13H15N3O2S/c1-7-5-9(8(2)15(7)3)6-10-11(17)14-13(19)16(4)12(10)18/h5-6H,1-4H3,(H,14,17,19)/b10-6-. The molecule has 1 saturated heterocycles. The summed E-state index contributed by atoms with van der Waals surface area (Å²) in [4.78, 5) is 25.2. The molecule has 0 radical (unpaired) electrons. The lowest BCUT2D eigenvalue weighted by molar-refractivity contribution is -0.128. The molecule has 1 aromatic heterocycles. The van der Waals surface area contributed by atoms with E-state index in [-0.39, 0.29) is 16.6 Å². The molecular weight excluding hydrogens is 262 g/mol. The Labute approximate surface area is 116 Å². The van der Waals surface area contributed by atoms with Crippen molar-refractivity contribution in [3.8, 4) is 0 Å². The van der Waals surface area contributed by atoms with Crippen LogP contribution in [0, 0.1) is 13.8 Å². The molecule has 1 fully saturated rings. The van der Waals surface area contributed by atoms with Crippen molar-refractivity contribution in [3.63, 3.8) is 0 Å². The number of likely N-dealkylation sites (N-methyl/N-ethyl adjacent to an activating group) is 1. The monoisotopic (exact) mass is 277 g/mol. The first kappa shape index (κ1) is 13.5. The van der Waals surface area contributed by atoms with Gasteiger partial charge in [0.25, 0.3) is 11.8 Å². The zero-order chi connectivity index (χ0) is 14.3. The van der Waals surface area contributed by atoms with Crippen LogP contribution in [0.4, 0.5) is 0 Å². The molecule has 2 rings (SSSR count). The highest BCUT2D eigenvalue weighted by Crippen LogP contribution is 2.19. The third-order valence-corrected chi connectivity index (χ3v) is 3.79. The Morgan fingerprint density at radius 2 is 1.89 bits per heavy atom. The number of nitrogens with one attached hydrogen (secondary N) is 1. The van der Waals surface area contributed by atoms with Crippen molar-refractivity contribution in [1.29, 1.82) is 0 Å². The Hall–Kier alpha value is -1.95. The number of carbonyl (C=O) groups is 2. The van der Waals surface area contributed by atoms with Gasteiger partial charge in [0, 0.05) is 25.5 Å². The lowest BCUT2D eigenvalue weighted by Gasteiger charge is -2.24. The van der Waals surface area contributed by atoms with Gasteiger partial charge in [0.05, 0.1) is 0 Å². The predicted molar refractivity (Wildman–Crippen MR) is 76.4 cm³/mol. The molecule has 0 spiro atoms. The van der Waals surface area contributed by atoms with Gasteiger partial charge in [0.1, 0.15) is 5.57 Å². The van der Waals surface area contributed by atoms with Crippen LogP contribution in [0.15, 0.2) is 11.6 Å². The maximum atomic E-state index is 12.1. The maximum Gasteiger partial charge on any atom is 0.265 e. The second-order valence-corrected chi connectivity index (χ2v) is 4.95. The number of nitrogens with zero attached hydrogens (tertiary/aromatic N) is 2. The fraction of sp³-hybridized carbons (Fsp3) is 0.308. The molecule has 0 bridgehead atoms. The molecule has 0 saturated carbocycles. The zero-order valence-electron chi connectivity index (χ0n) is 11.3. The molecule has 19 heavy (non-hydrogen) atoms. The van der Waals surface area contributed by atoms with Gasteiger partial charge in [-0.05, 0) is 43.8 Å².